The maximum absolute atomic E-state index is 13.1. The van der Waals surface area contributed by atoms with Crippen molar-refractivity contribution in [3.05, 3.63) is 60.2 Å². The average Bonchev–Trinajstić information content (AvgIpc) is 3.22. The first-order valence-electron chi connectivity index (χ1n) is 7.78. The Bertz CT molecular complexity index is 949. The maximum atomic E-state index is 13.1. The van der Waals surface area contributed by atoms with Crippen molar-refractivity contribution >= 4 is 21.1 Å². The molecule has 1 saturated heterocycles. The van der Waals surface area contributed by atoms with E-state index < -0.39 is 15.8 Å². The van der Waals surface area contributed by atoms with Gasteiger partial charge < -0.3 is 4.98 Å². The van der Waals surface area contributed by atoms with Gasteiger partial charge in [0.25, 0.3) is 0 Å². The zero-order chi connectivity index (χ0) is 16.7. The van der Waals surface area contributed by atoms with Crippen LogP contribution in [0, 0.1) is 5.82 Å². The summed E-state index contributed by atoms with van der Waals surface area (Å²) >= 11 is 0. The lowest BCUT2D eigenvalue weighted by Gasteiger charge is -2.22. The number of hydrogen-bond acceptors (Lipinski definition) is 3. The Labute approximate surface area is 139 Å². The number of rotatable bonds is 3. The number of para-hydroxylation sites is 2. The van der Waals surface area contributed by atoms with E-state index in [0.717, 1.165) is 17.5 Å². The molecule has 1 N–H and O–H groups in total. The summed E-state index contributed by atoms with van der Waals surface area (Å²) in [5.74, 6) is 0.198. The molecule has 0 radical (unpaired) electrons. The maximum Gasteiger partial charge on any atom is 0.243 e. The normalized spacial score (nSPS) is 19.1. The van der Waals surface area contributed by atoms with Crippen molar-refractivity contribution in [1.29, 1.82) is 0 Å². The minimum Gasteiger partial charge on any atom is -0.341 e. The molecule has 0 aliphatic carbocycles. The van der Waals surface area contributed by atoms with Gasteiger partial charge in [-0.25, -0.2) is 17.8 Å². The highest BCUT2D eigenvalue weighted by Gasteiger charge is 2.37. The monoisotopic (exact) mass is 345 g/mol. The standard InChI is InChI=1S/C17H16FN3O2S/c18-12-7-9-13(10-8-12)24(22,23)21-11-3-6-16(21)17-19-14-4-1-2-5-15(14)20-17/h1-2,4-5,7-10,16H,3,6,11H2,(H,19,20). The molecular formula is C17H16FN3O2S. The van der Waals surface area contributed by atoms with Gasteiger partial charge in [-0.1, -0.05) is 12.1 Å². The van der Waals surface area contributed by atoms with E-state index in [1.807, 2.05) is 24.3 Å². The lowest BCUT2D eigenvalue weighted by atomic mass is 10.2. The number of aromatic amines is 1. The molecule has 24 heavy (non-hydrogen) atoms. The van der Waals surface area contributed by atoms with Gasteiger partial charge in [0.05, 0.1) is 22.0 Å². The number of aromatic nitrogens is 2. The van der Waals surface area contributed by atoms with Crippen LogP contribution in [-0.2, 0) is 10.0 Å². The number of sulfonamides is 1. The van der Waals surface area contributed by atoms with Crippen molar-refractivity contribution in [3.63, 3.8) is 0 Å². The topological polar surface area (TPSA) is 66.1 Å². The molecule has 0 bridgehead atoms. The van der Waals surface area contributed by atoms with E-state index in [1.165, 1.54) is 28.6 Å². The summed E-state index contributed by atoms with van der Waals surface area (Å²) in [5, 5.41) is 0. The molecule has 0 saturated carbocycles. The SMILES string of the molecule is O=S(=O)(c1ccc(F)cc1)N1CCCC1c1nc2ccccc2[nH]1. The number of halogens is 1. The molecule has 1 aliphatic heterocycles. The second kappa shape index (κ2) is 5.68. The lowest BCUT2D eigenvalue weighted by molar-refractivity contribution is 0.385. The zero-order valence-electron chi connectivity index (χ0n) is 12.8. The van der Waals surface area contributed by atoms with Crippen molar-refractivity contribution in [3.8, 4) is 0 Å². The third kappa shape index (κ3) is 2.50. The van der Waals surface area contributed by atoms with Crippen molar-refractivity contribution in [2.24, 2.45) is 0 Å². The van der Waals surface area contributed by atoms with Crippen LogP contribution in [0.5, 0.6) is 0 Å². The number of imidazole rings is 1. The minimum absolute atomic E-state index is 0.104. The molecule has 2 heterocycles. The van der Waals surface area contributed by atoms with Crippen LogP contribution in [0.3, 0.4) is 0 Å². The zero-order valence-corrected chi connectivity index (χ0v) is 13.6. The molecule has 0 amide bonds. The fourth-order valence-corrected chi connectivity index (χ4v) is 4.83. The molecule has 1 aromatic heterocycles. The van der Waals surface area contributed by atoms with Crippen LogP contribution >= 0.6 is 0 Å². The quantitative estimate of drug-likeness (QED) is 0.792. The van der Waals surface area contributed by atoms with Gasteiger partial charge in [0.15, 0.2) is 0 Å². The number of nitrogens with one attached hydrogen (secondary N) is 1. The number of nitrogens with zero attached hydrogens (tertiary/aromatic N) is 2. The second-order valence-electron chi connectivity index (χ2n) is 5.87. The first-order chi connectivity index (χ1) is 11.6. The van der Waals surface area contributed by atoms with Crippen LogP contribution in [0.4, 0.5) is 4.39 Å². The predicted molar refractivity (Wildman–Crippen MR) is 88.4 cm³/mol. The van der Waals surface area contributed by atoms with Gasteiger partial charge in [-0.15, -0.1) is 0 Å². The highest BCUT2D eigenvalue weighted by molar-refractivity contribution is 7.89. The Morgan fingerprint density at radius 2 is 1.88 bits per heavy atom. The molecule has 124 valence electrons. The third-order valence-corrected chi connectivity index (χ3v) is 6.27. The highest BCUT2D eigenvalue weighted by Crippen LogP contribution is 2.36. The van der Waals surface area contributed by atoms with Crippen LogP contribution in [0.1, 0.15) is 24.7 Å². The van der Waals surface area contributed by atoms with Crippen molar-refractivity contribution < 1.29 is 12.8 Å². The Morgan fingerprint density at radius 1 is 1.12 bits per heavy atom. The van der Waals surface area contributed by atoms with E-state index in [2.05, 4.69) is 9.97 Å². The van der Waals surface area contributed by atoms with Gasteiger partial charge in [-0.05, 0) is 49.2 Å². The Kier molecular flexibility index (Phi) is 3.62. The molecule has 1 atom stereocenters. The number of fused-ring (bicyclic) bond motifs is 1. The van der Waals surface area contributed by atoms with E-state index in [4.69, 9.17) is 0 Å². The summed E-state index contributed by atoms with van der Waals surface area (Å²) < 4.78 is 40.4. The summed E-state index contributed by atoms with van der Waals surface area (Å²) in [6.07, 6.45) is 1.47. The Morgan fingerprint density at radius 3 is 2.62 bits per heavy atom. The summed E-state index contributed by atoms with van der Waals surface area (Å²) in [6.45, 7) is 0.432. The minimum atomic E-state index is -3.68. The Balaban J connectivity index is 1.73. The molecule has 0 spiro atoms. The van der Waals surface area contributed by atoms with Crippen molar-refractivity contribution in [2.75, 3.05) is 6.54 Å². The van der Waals surface area contributed by atoms with E-state index in [0.29, 0.717) is 18.8 Å². The summed E-state index contributed by atoms with van der Waals surface area (Å²) in [4.78, 5) is 7.87. The number of H-pyrrole nitrogens is 1. The first-order valence-corrected chi connectivity index (χ1v) is 9.22. The summed E-state index contributed by atoms with van der Waals surface area (Å²) in [7, 11) is -3.68. The highest BCUT2D eigenvalue weighted by atomic mass is 32.2. The Hall–Kier alpha value is -2.25. The molecular weight excluding hydrogens is 329 g/mol. The van der Waals surface area contributed by atoms with Crippen LogP contribution in [-0.4, -0.2) is 29.2 Å². The van der Waals surface area contributed by atoms with E-state index in [9.17, 15) is 12.8 Å². The molecule has 1 aliphatic rings. The third-order valence-electron chi connectivity index (χ3n) is 4.35. The average molecular weight is 345 g/mol. The smallest absolute Gasteiger partial charge is 0.243 e. The largest absolute Gasteiger partial charge is 0.341 e. The molecule has 1 fully saturated rings. The van der Waals surface area contributed by atoms with Crippen LogP contribution in [0.2, 0.25) is 0 Å². The van der Waals surface area contributed by atoms with Gasteiger partial charge in [-0.3, -0.25) is 0 Å². The van der Waals surface area contributed by atoms with Crippen LogP contribution in [0.25, 0.3) is 11.0 Å². The molecule has 2 aromatic carbocycles. The molecule has 7 heteroatoms. The number of benzene rings is 2. The molecule has 3 aromatic rings. The first kappa shape index (κ1) is 15.3. The lowest BCUT2D eigenvalue weighted by Crippen LogP contribution is -2.31. The van der Waals surface area contributed by atoms with Gasteiger partial charge in [0.2, 0.25) is 10.0 Å². The fourth-order valence-electron chi connectivity index (χ4n) is 3.17. The number of hydrogen-bond donors (Lipinski definition) is 1. The van der Waals surface area contributed by atoms with Crippen molar-refractivity contribution in [2.45, 2.75) is 23.8 Å². The molecule has 1 unspecified atom stereocenters. The van der Waals surface area contributed by atoms with E-state index >= 15 is 0 Å². The van der Waals surface area contributed by atoms with Gasteiger partial charge in [-0.2, -0.15) is 4.31 Å². The van der Waals surface area contributed by atoms with Gasteiger partial charge >= 0.3 is 0 Å². The second-order valence-corrected chi connectivity index (χ2v) is 7.76. The van der Waals surface area contributed by atoms with Crippen LogP contribution < -0.4 is 0 Å². The summed E-state index contributed by atoms with van der Waals surface area (Å²) in [5.41, 5.74) is 1.71. The fraction of sp³-hybridized carbons (Fsp3) is 0.235. The van der Waals surface area contributed by atoms with Gasteiger partial charge in [0, 0.05) is 6.54 Å². The molecule has 4 rings (SSSR count). The van der Waals surface area contributed by atoms with E-state index in [1.54, 1.807) is 0 Å². The summed E-state index contributed by atoms with van der Waals surface area (Å²) in [6, 6.07) is 12.2. The van der Waals surface area contributed by atoms with Gasteiger partial charge in [0.1, 0.15) is 11.6 Å². The van der Waals surface area contributed by atoms with Crippen LogP contribution in [0.15, 0.2) is 53.4 Å². The predicted octanol–water partition coefficient (Wildman–Crippen LogP) is 3.23. The van der Waals surface area contributed by atoms with E-state index in [-0.39, 0.29) is 10.9 Å². The van der Waals surface area contributed by atoms with Crippen molar-refractivity contribution in [1.82, 2.24) is 14.3 Å². The molecule has 5 nitrogen and oxygen atoms in total.